The summed E-state index contributed by atoms with van der Waals surface area (Å²) in [4.78, 5) is 9.68. The molecule has 4 heteroatoms. The number of para-hydroxylation sites is 4. The molecule has 4 aliphatic carbocycles. The second-order valence-corrected chi connectivity index (χ2v) is 33.2. The molecule has 20 aromatic rings. The minimum Gasteiger partial charge on any atom is -0.310 e. The standard InChI is InChI=1S/2C59H42N2/c1-39-17-15-23-44(35-39)60(42-19-5-3-6-20-42)46-32-34-47-41(37-46)31-33-52-57-51-28-10-9-27-50(51)56(61(43-21-7-4-8-22-43)45-24-16-18-40(2)36-45)38-55(57)59(58(47)52)53-29-13-11-25-48(53)49-26-12-14-30-54(49)59;1-39-25-30-44(31-26-39)60(42-15-5-3-6-16-42)46-34-36-47-41(37-46)29-35-52-57-51-22-10-9-21-50(51)56(61(43-17-7-4-8-18-43)45-32-27-40(2)28-33-45)38-55(57)59(58(47)52)53-23-13-11-19-48(53)49-20-12-14-24-54(49)59/h2*3-38H,1-2H3. The zero-order valence-electron chi connectivity index (χ0n) is 68.4. The van der Waals surface area contributed by atoms with Gasteiger partial charge in [-0.3, -0.25) is 0 Å². The van der Waals surface area contributed by atoms with Crippen molar-refractivity contribution in [2.75, 3.05) is 19.6 Å². The van der Waals surface area contributed by atoms with E-state index in [4.69, 9.17) is 0 Å². The van der Waals surface area contributed by atoms with Crippen LogP contribution in [0.1, 0.15) is 66.8 Å². The third kappa shape index (κ3) is 11.1. The van der Waals surface area contributed by atoms with Crippen molar-refractivity contribution in [3.63, 3.8) is 0 Å². The van der Waals surface area contributed by atoms with Gasteiger partial charge in [0, 0.05) is 67.6 Å². The van der Waals surface area contributed by atoms with Crippen LogP contribution in [-0.2, 0) is 10.8 Å². The second-order valence-electron chi connectivity index (χ2n) is 33.2. The molecule has 576 valence electrons. The summed E-state index contributed by atoms with van der Waals surface area (Å²) in [5, 5.41) is 9.93. The van der Waals surface area contributed by atoms with Crippen LogP contribution in [-0.4, -0.2) is 0 Å². The molecule has 0 fully saturated rings. The minimum atomic E-state index is -0.567. The van der Waals surface area contributed by atoms with Crippen molar-refractivity contribution in [3.8, 4) is 44.5 Å². The van der Waals surface area contributed by atoms with Crippen molar-refractivity contribution in [2.45, 2.75) is 38.5 Å². The lowest BCUT2D eigenvalue weighted by molar-refractivity contribution is 0.802. The molecule has 0 bridgehead atoms. The monoisotopic (exact) mass is 1560 g/mol. The number of aryl methyl sites for hydroxylation is 4. The maximum Gasteiger partial charge on any atom is 0.0732 e. The van der Waals surface area contributed by atoms with Crippen molar-refractivity contribution in [2.24, 2.45) is 0 Å². The number of anilines is 12. The Morgan fingerprint density at radius 1 is 0.164 bits per heavy atom. The van der Waals surface area contributed by atoms with E-state index in [1.165, 1.54) is 166 Å². The fourth-order valence-electron chi connectivity index (χ4n) is 21.2. The Labute approximate surface area is 712 Å². The maximum absolute atomic E-state index is 2.54. The highest BCUT2D eigenvalue weighted by Crippen LogP contribution is 2.69. The number of benzene rings is 20. The van der Waals surface area contributed by atoms with Gasteiger partial charge in [-0.2, -0.15) is 0 Å². The number of rotatable bonds is 12. The Hall–Kier alpha value is -15.4. The average Bonchev–Trinajstić information content (AvgIpc) is 1.50. The molecule has 0 saturated heterocycles. The largest absolute Gasteiger partial charge is 0.310 e. The van der Waals surface area contributed by atoms with Gasteiger partial charge in [0.15, 0.2) is 0 Å². The van der Waals surface area contributed by atoms with Gasteiger partial charge < -0.3 is 19.6 Å². The van der Waals surface area contributed by atoms with Crippen LogP contribution in [0.5, 0.6) is 0 Å². The summed E-state index contributed by atoms with van der Waals surface area (Å²) in [5.74, 6) is 0. The summed E-state index contributed by atoms with van der Waals surface area (Å²) >= 11 is 0. The first kappa shape index (κ1) is 71.9. The van der Waals surface area contributed by atoms with Gasteiger partial charge in [0.2, 0.25) is 0 Å². The molecule has 0 unspecified atom stereocenters. The van der Waals surface area contributed by atoms with Gasteiger partial charge in [0.05, 0.1) is 22.2 Å². The highest BCUT2D eigenvalue weighted by Gasteiger charge is 2.55. The second kappa shape index (κ2) is 28.7. The molecule has 4 nitrogen and oxygen atoms in total. The fourth-order valence-corrected chi connectivity index (χ4v) is 21.2. The van der Waals surface area contributed by atoms with Crippen LogP contribution >= 0.6 is 0 Å². The molecule has 20 aromatic carbocycles. The summed E-state index contributed by atoms with van der Waals surface area (Å²) in [6, 6.07) is 162. The van der Waals surface area contributed by atoms with E-state index in [1.54, 1.807) is 0 Å². The number of hydrogen-bond acceptors (Lipinski definition) is 4. The molecule has 0 radical (unpaired) electrons. The lowest BCUT2D eigenvalue weighted by Gasteiger charge is -2.34. The van der Waals surface area contributed by atoms with Crippen LogP contribution < -0.4 is 19.6 Å². The van der Waals surface area contributed by atoms with Crippen molar-refractivity contribution < 1.29 is 0 Å². The van der Waals surface area contributed by atoms with Crippen LogP contribution in [0.3, 0.4) is 0 Å². The van der Waals surface area contributed by atoms with Crippen molar-refractivity contribution in [3.05, 3.63) is 504 Å². The molecule has 4 aliphatic rings. The van der Waals surface area contributed by atoms with Gasteiger partial charge >= 0.3 is 0 Å². The van der Waals surface area contributed by atoms with Crippen molar-refractivity contribution in [1.29, 1.82) is 0 Å². The van der Waals surface area contributed by atoms with Gasteiger partial charge in [0.1, 0.15) is 0 Å². The zero-order chi connectivity index (χ0) is 81.3. The first-order chi connectivity index (χ1) is 60.2. The molecule has 2 spiro atoms. The van der Waals surface area contributed by atoms with E-state index in [-0.39, 0.29) is 0 Å². The summed E-state index contributed by atoms with van der Waals surface area (Å²) in [6.07, 6.45) is 0. The third-order valence-corrected chi connectivity index (χ3v) is 26.2. The summed E-state index contributed by atoms with van der Waals surface area (Å²) in [6.45, 7) is 8.66. The van der Waals surface area contributed by atoms with Crippen LogP contribution in [0.4, 0.5) is 68.2 Å². The summed E-state index contributed by atoms with van der Waals surface area (Å²) < 4.78 is 0. The molecular formula is C118H84N4. The van der Waals surface area contributed by atoms with Crippen molar-refractivity contribution >= 4 is 111 Å². The Morgan fingerprint density at radius 3 is 0.820 bits per heavy atom. The molecule has 0 aromatic heterocycles. The van der Waals surface area contributed by atoms with E-state index in [0.717, 1.165) is 56.9 Å². The molecule has 0 N–H and O–H groups in total. The number of nitrogens with zero attached hydrogens (tertiary/aromatic N) is 4. The SMILES string of the molecule is Cc1ccc(N(c2ccccc2)c2ccc3c4c(ccc3c2)-c2c(cc(N(c3ccccc3)c3ccc(C)cc3)c3ccccc23)C42c3ccccc3-c3ccccc32)cc1.Cc1cccc(N(c2ccccc2)c2ccc3c4c(ccc3c2)-c2c(cc(N(c3ccccc3)c3cccc(C)c3)c3ccccc23)C42c3ccccc3-c3ccccc32)c1. The highest BCUT2D eigenvalue weighted by atomic mass is 15.2. The van der Waals surface area contributed by atoms with E-state index in [9.17, 15) is 0 Å². The first-order valence-electron chi connectivity index (χ1n) is 42.5. The average molecular weight is 1560 g/mol. The van der Waals surface area contributed by atoms with Crippen LogP contribution in [0.2, 0.25) is 0 Å². The molecular weight excluding hydrogens is 1470 g/mol. The third-order valence-electron chi connectivity index (χ3n) is 26.2. The lowest BCUT2D eigenvalue weighted by atomic mass is 9.69. The summed E-state index contributed by atoms with van der Waals surface area (Å²) in [7, 11) is 0. The Bertz CT molecular complexity index is 7470. The van der Waals surface area contributed by atoms with Gasteiger partial charge in [0.25, 0.3) is 0 Å². The van der Waals surface area contributed by atoms with E-state index < -0.39 is 10.8 Å². The molecule has 0 heterocycles. The molecule has 0 amide bonds. The Morgan fingerprint density at radius 2 is 0.443 bits per heavy atom. The van der Waals surface area contributed by atoms with Gasteiger partial charge in [-0.05, 0) is 294 Å². The minimum absolute atomic E-state index is 0.566. The highest BCUT2D eigenvalue weighted by molar-refractivity contribution is 6.18. The topological polar surface area (TPSA) is 13.0 Å². The van der Waals surface area contributed by atoms with Crippen LogP contribution in [0.25, 0.3) is 87.6 Å². The number of fused-ring (bicyclic) bond motifs is 28. The molecule has 0 aliphatic heterocycles. The zero-order valence-corrected chi connectivity index (χ0v) is 68.4. The molecule has 0 saturated carbocycles. The molecule has 122 heavy (non-hydrogen) atoms. The quantitative estimate of drug-likeness (QED) is 0.121. The predicted octanol–water partition coefficient (Wildman–Crippen LogP) is 31.8. The lowest BCUT2D eigenvalue weighted by Crippen LogP contribution is -2.26. The first-order valence-corrected chi connectivity index (χ1v) is 42.5. The number of hydrogen-bond donors (Lipinski definition) is 0. The summed E-state index contributed by atoms with van der Waals surface area (Å²) in [5.41, 5.74) is 38.6. The normalized spacial score (nSPS) is 12.9. The van der Waals surface area contributed by atoms with Gasteiger partial charge in [-0.15, -0.1) is 0 Å². The molecule has 0 atom stereocenters. The Balaban J connectivity index is 0.000000142. The van der Waals surface area contributed by atoms with Crippen LogP contribution in [0, 0.1) is 27.7 Å². The van der Waals surface area contributed by atoms with E-state index in [0.29, 0.717) is 0 Å². The van der Waals surface area contributed by atoms with E-state index >= 15 is 0 Å². The van der Waals surface area contributed by atoms with Gasteiger partial charge in [-0.1, -0.05) is 314 Å². The fraction of sp³-hybridized carbons (Fsp3) is 0.0508. The smallest absolute Gasteiger partial charge is 0.0732 e. The van der Waals surface area contributed by atoms with E-state index in [1.807, 2.05) is 0 Å². The van der Waals surface area contributed by atoms with Crippen LogP contribution in [0.15, 0.2) is 437 Å². The Kier molecular flexibility index (Phi) is 16.9. The van der Waals surface area contributed by atoms with E-state index in [2.05, 4.69) is 484 Å². The van der Waals surface area contributed by atoms with Crippen molar-refractivity contribution in [1.82, 2.24) is 0 Å². The molecule has 24 rings (SSSR count). The van der Waals surface area contributed by atoms with Gasteiger partial charge in [-0.25, -0.2) is 0 Å². The predicted molar refractivity (Wildman–Crippen MR) is 513 cm³/mol. The maximum atomic E-state index is 2.54.